The summed E-state index contributed by atoms with van der Waals surface area (Å²) in [6.45, 7) is 0.804. The van der Waals surface area contributed by atoms with Crippen LogP contribution in [-0.2, 0) is 19.3 Å². The van der Waals surface area contributed by atoms with Gasteiger partial charge >= 0.3 is 0 Å². The fourth-order valence-electron chi connectivity index (χ4n) is 3.93. The van der Waals surface area contributed by atoms with Crippen molar-refractivity contribution in [1.82, 2.24) is 10.3 Å². The van der Waals surface area contributed by atoms with Crippen LogP contribution < -0.4 is 15.8 Å². The second-order valence-electron chi connectivity index (χ2n) is 7.51. The summed E-state index contributed by atoms with van der Waals surface area (Å²) in [5.41, 5.74) is 9.09. The number of nitrogens with two attached hydrogens (primary N) is 1. The number of benzene rings is 2. The average molecular weight is 405 g/mol. The van der Waals surface area contributed by atoms with Gasteiger partial charge in [-0.05, 0) is 73.2 Å². The zero-order valence-corrected chi connectivity index (χ0v) is 16.6. The minimum Gasteiger partial charge on any atom is -0.456 e. The molecule has 0 aliphatic heterocycles. The van der Waals surface area contributed by atoms with Crippen LogP contribution in [0.4, 0.5) is 4.39 Å². The summed E-state index contributed by atoms with van der Waals surface area (Å²) in [6.07, 6.45) is 6.55. The minimum absolute atomic E-state index is 0.194. The number of carbonyl (C=O) groups excluding carboxylic acids is 1. The lowest BCUT2D eigenvalue weighted by Gasteiger charge is -2.27. The number of primary amides is 1. The first kappa shape index (κ1) is 20.0. The van der Waals surface area contributed by atoms with Gasteiger partial charge in [-0.25, -0.2) is 4.39 Å². The third-order valence-electron chi connectivity index (χ3n) is 5.44. The van der Waals surface area contributed by atoms with Gasteiger partial charge in [0, 0.05) is 18.4 Å². The summed E-state index contributed by atoms with van der Waals surface area (Å²) >= 11 is 0. The van der Waals surface area contributed by atoms with Crippen molar-refractivity contribution >= 4 is 5.91 Å². The monoisotopic (exact) mass is 405 g/mol. The molecule has 5 nitrogen and oxygen atoms in total. The second kappa shape index (κ2) is 9.05. The number of pyridine rings is 1. The number of nitrogens with one attached hydrogen (secondary N) is 1. The first-order valence-corrected chi connectivity index (χ1v) is 10.1. The topological polar surface area (TPSA) is 77.2 Å². The van der Waals surface area contributed by atoms with Crippen LogP contribution in [-0.4, -0.2) is 23.5 Å². The molecule has 2 aromatic carbocycles. The van der Waals surface area contributed by atoms with Gasteiger partial charge < -0.3 is 15.8 Å². The summed E-state index contributed by atoms with van der Waals surface area (Å²) in [7, 11) is 0. The van der Waals surface area contributed by atoms with Crippen molar-refractivity contribution in [3.05, 3.63) is 89.0 Å². The van der Waals surface area contributed by atoms with Gasteiger partial charge in [0.1, 0.15) is 22.9 Å². The van der Waals surface area contributed by atoms with Gasteiger partial charge in [-0.1, -0.05) is 24.3 Å². The fourth-order valence-corrected chi connectivity index (χ4v) is 3.93. The molecular formula is C24H24FN3O2. The molecule has 3 aromatic rings. The van der Waals surface area contributed by atoms with E-state index >= 15 is 0 Å². The van der Waals surface area contributed by atoms with Crippen LogP contribution in [0, 0.1) is 5.82 Å². The maximum absolute atomic E-state index is 13.3. The van der Waals surface area contributed by atoms with Crippen molar-refractivity contribution in [2.45, 2.75) is 31.7 Å². The number of hydrogen-bond acceptors (Lipinski definition) is 4. The number of hydrogen-bond donors (Lipinski definition) is 2. The lowest BCUT2D eigenvalue weighted by Crippen LogP contribution is -2.35. The molecule has 30 heavy (non-hydrogen) atoms. The Kier molecular flexibility index (Phi) is 6.05. The molecule has 0 saturated carbocycles. The summed E-state index contributed by atoms with van der Waals surface area (Å²) < 4.78 is 19.4. The summed E-state index contributed by atoms with van der Waals surface area (Å²) in [6, 6.07) is 14.8. The third kappa shape index (κ3) is 4.66. The maximum atomic E-state index is 13.3. The van der Waals surface area contributed by atoms with Gasteiger partial charge in [-0.3, -0.25) is 9.78 Å². The van der Waals surface area contributed by atoms with Gasteiger partial charge in [-0.15, -0.1) is 0 Å². The average Bonchev–Trinajstić information content (AvgIpc) is 2.74. The van der Waals surface area contributed by atoms with Crippen molar-refractivity contribution in [3.63, 3.8) is 0 Å². The smallest absolute Gasteiger partial charge is 0.254 e. The van der Waals surface area contributed by atoms with Crippen LogP contribution in [0.1, 0.15) is 33.5 Å². The Labute approximate surface area is 175 Å². The molecule has 4 rings (SSSR count). The van der Waals surface area contributed by atoms with Gasteiger partial charge in [0.05, 0.1) is 0 Å². The number of carbonyl (C=O) groups is 1. The van der Waals surface area contributed by atoms with Gasteiger partial charge in [0.2, 0.25) is 0 Å². The Hall–Kier alpha value is -3.25. The molecule has 1 aliphatic rings. The normalized spacial score (nSPS) is 15.4. The van der Waals surface area contributed by atoms with Crippen LogP contribution >= 0.6 is 0 Å². The van der Waals surface area contributed by atoms with E-state index < -0.39 is 5.91 Å². The molecule has 1 amide bonds. The number of aromatic nitrogens is 1. The second-order valence-corrected chi connectivity index (χ2v) is 7.51. The molecule has 1 heterocycles. The lowest BCUT2D eigenvalue weighted by molar-refractivity contribution is 0.0997. The molecule has 0 radical (unpaired) electrons. The third-order valence-corrected chi connectivity index (χ3v) is 5.44. The first-order valence-electron chi connectivity index (χ1n) is 10.1. The van der Waals surface area contributed by atoms with Crippen molar-refractivity contribution in [3.8, 4) is 11.5 Å². The predicted molar refractivity (Wildman–Crippen MR) is 113 cm³/mol. The Balaban J connectivity index is 1.41. The molecule has 6 heteroatoms. The number of fused-ring (bicyclic) bond motifs is 1. The zero-order valence-electron chi connectivity index (χ0n) is 16.6. The Morgan fingerprint density at radius 3 is 2.90 bits per heavy atom. The number of amides is 1. The summed E-state index contributed by atoms with van der Waals surface area (Å²) in [4.78, 5) is 15.6. The molecule has 0 spiro atoms. The van der Waals surface area contributed by atoms with E-state index in [0.29, 0.717) is 11.8 Å². The molecular weight excluding hydrogens is 381 g/mol. The predicted octanol–water partition coefficient (Wildman–Crippen LogP) is 3.80. The maximum Gasteiger partial charge on any atom is 0.254 e. The van der Waals surface area contributed by atoms with Crippen LogP contribution in [0.3, 0.4) is 0 Å². The van der Waals surface area contributed by atoms with Gasteiger partial charge in [-0.2, -0.15) is 0 Å². The number of ether oxygens (including phenoxy) is 1. The highest BCUT2D eigenvalue weighted by atomic mass is 19.1. The Bertz CT molecular complexity index is 1050. The molecule has 154 valence electrons. The van der Waals surface area contributed by atoms with Crippen LogP contribution in [0.5, 0.6) is 11.5 Å². The van der Waals surface area contributed by atoms with Crippen LogP contribution in [0.2, 0.25) is 0 Å². The minimum atomic E-state index is -0.564. The highest BCUT2D eigenvalue weighted by molar-refractivity contribution is 5.95. The van der Waals surface area contributed by atoms with E-state index in [1.165, 1.54) is 17.8 Å². The highest BCUT2D eigenvalue weighted by Gasteiger charge is 2.22. The van der Waals surface area contributed by atoms with Gasteiger partial charge in [0.25, 0.3) is 5.91 Å². The quantitative estimate of drug-likeness (QED) is 0.627. The van der Waals surface area contributed by atoms with Crippen molar-refractivity contribution < 1.29 is 13.9 Å². The van der Waals surface area contributed by atoms with E-state index in [1.54, 1.807) is 24.4 Å². The van der Waals surface area contributed by atoms with E-state index in [2.05, 4.69) is 16.4 Å². The number of nitrogens with zero attached hydrogens (tertiary/aromatic N) is 1. The van der Waals surface area contributed by atoms with E-state index in [-0.39, 0.29) is 11.4 Å². The standard InChI is InChI=1S/C24H24FN3O2/c25-18-5-1-3-16(13-18)9-12-28-19-7-8-20-17(14-19)4-2-6-22(20)30-23-10-11-27-15-21(23)24(26)29/h1-6,10-11,13,15,19,28H,7-9,12,14H2,(H2,26,29). The Morgan fingerprint density at radius 1 is 1.20 bits per heavy atom. The molecule has 1 aromatic heterocycles. The zero-order chi connectivity index (χ0) is 20.9. The summed E-state index contributed by atoms with van der Waals surface area (Å²) in [5, 5.41) is 3.59. The summed E-state index contributed by atoms with van der Waals surface area (Å²) in [5.74, 6) is 0.409. The van der Waals surface area contributed by atoms with Crippen LogP contribution in [0.25, 0.3) is 0 Å². The molecule has 0 saturated heterocycles. The lowest BCUT2D eigenvalue weighted by atomic mass is 9.87. The van der Waals surface area contributed by atoms with E-state index in [4.69, 9.17) is 10.5 Å². The number of rotatable bonds is 7. The van der Waals surface area contributed by atoms with Crippen molar-refractivity contribution in [2.24, 2.45) is 5.73 Å². The molecule has 0 bridgehead atoms. The first-order chi connectivity index (χ1) is 14.6. The molecule has 1 unspecified atom stereocenters. The Morgan fingerprint density at radius 2 is 2.07 bits per heavy atom. The van der Waals surface area contributed by atoms with E-state index in [1.807, 2.05) is 18.2 Å². The molecule has 3 N–H and O–H groups in total. The van der Waals surface area contributed by atoms with Crippen molar-refractivity contribution in [2.75, 3.05) is 6.54 Å². The van der Waals surface area contributed by atoms with Crippen LogP contribution in [0.15, 0.2) is 60.9 Å². The molecule has 1 atom stereocenters. The van der Waals surface area contributed by atoms with Gasteiger partial charge in [0.15, 0.2) is 0 Å². The molecule has 0 fully saturated rings. The van der Waals surface area contributed by atoms with Crippen molar-refractivity contribution in [1.29, 1.82) is 0 Å². The SMILES string of the molecule is NC(=O)c1cnccc1Oc1cccc2c1CCC(NCCc1cccc(F)c1)C2. The van der Waals surface area contributed by atoms with E-state index in [9.17, 15) is 9.18 Å². The molecule has 1 aliphatic carbocycles. The number of halogens is 1. The largest absolute Gasteiger partial charge is 0.456 e. The highest BCUT2D eigenvalue weighted by Crippen LogP contribution is 2.33. The van der Waals surface area contributed by atoms with E-state index in [0.717, 1.165) is 49.1 Å². The fraction of sp³-hybridized carbons (Fsp3) is 0.250.